The highest BCUT2D eigenvalue weighted by Crippen LogP contribution is 2.25. The number of nitrogens with zero attached hydrogens (tertiary/aromatic N) is 1. The predicted octanol–water partition coefficient (Wildman–Crippen LogP) is 5.35. The molecule has 4 rings (SSSR count). The number of aromatic amines is 1. The van der Waals surface area contributed by atoms with E-state index in [1.165, 1.54) is 11.1 Å². The lowest BCUT2D eigenvalue weighted by Crippen LogP contribution is -2.27. The topological polar surface area (TPSA) is 70.9 Å². The first-order chi connectivity index (χ1) is 14.4. The fourth-order valence-electron chi connectivity index (χ4n) is 4.01. The van der Waals surface area contributed by atoms with Gasteiger partial charge in [0.15, 0.2) is 0 Å². The van der Waals surface area contributed by atoms with E-state index in [0.29, 0.717) is 35.3 Å². The highest BCUT2D eigenvalue weighted by atomic mass is 16.3. The maximum Gasteiger partial charge on any atom is 0.294 e. The van der Waals surface area contributed by atoms with E-state index in [-0.39, 0.29) is 17.2 Å². The summed E-state index contributed by atoms with van der Waals surface area (Å²) in [6.45, 7) is 9.34. The fourth-order valence-corrected chi connectivity index (χ4v) is 4.01. The maximum absolute atomic E-state index is 12.5. The summed E-state index contributed by atoms with van der Waals surface area (Å²) in [6.07, 6.45) is 1.09. The minimum absolute atomic E-state index is 0.167. The van der Waals surface area contributed by atoms with Crippen LogP contribution in [-0.4, -0.2) is 9.97 Å². The number of aromatic nitrogens is 2. The fraction of sp³-hybridized carbons (Fsp3) is 0.360. The second-order valence-corrected chi connectivity index (χ2v) is 8.73. The van der Waals surface area contributed by atoms with Crippen molar-refractivity contribution in [1.29, 1.82) is 0 Å². The van der Waals surface area contributed by atoms with E-state index in [1.54, 1.807) is 0 Å². The van der Waals surface area contributed by atoms with Gasteiger partial charge < -0.3 is 14.7 Å². The van der Waals surface area contributed by atoms with Crippen LogP contribution < -0.4 is 10.9 Å². The van der Waals surface area contributed by atoms with Crippen LogP contribution in [0.25, 0.3) is 22.1 Å². The van der Waals surface area contributed by atoms with E-state index in [2.05, 4.69) is 67.2 Å². The number of rotatable bonds is 7. The van der Waals surface area contributed by atoms with Gasteiger partial charge in [0.05, 0.1) is 6.54 Å². The van der Waals surface area contributed by atoms with Crippen LogP contribution in [0.5, 0.6) is 0 Å². The third kappa shape index (κ3) is 4.17. The lowest BCUT2D eigenvalue weighted by atomic mass is 9.94. The Kier molecular flexibility index (Phi) is 5.73. The Morgan fingerprint density at radius 3 is 2.47 bits per heavy atom. The first-order valence-electron chi connectivity index (χ1n) is 10.6. The molecule has 0 aliphatic rings. The first kappa shape index (κ1) is 20.4. The van der Waals surface area contributed by atoms with Crippen molar-refractivity contribution in [3.05, 3.63) is 75.8 Å². The molecule has 4 aromatic rings. The van der Waals surface area contributed by atoms with Crippen LogP contribution in [0.2, 0.25) is 0 Å². The molecule has 2 aromatic carbocycles. The molecule has 5 heteroatoms. The van der Waals surface area contributed by atoms with Crippen LogP contribution in [0.3, 0.4) is 0 Å². The Hall–Kier alpha value is -2.92. The number of para-hydroxylation sites is 1. The van der Waals surface area contributed by atoms with Gasteiger partial charge in [-0.25, -0.2) is 4.98 Å². The molecule has 2 heterocycles. The lowest BCUT2D eigenvalue weighted by Gasteiger charge is -2.23. The largest absolute Gasteiger partial charge is 0.449 e. The summed E-state index contributed by atoms with van der Waals surface area (Å²) >= 11 is 0. The predicted molar refractivity (Wildman–Crippen MR) is 122 cm³/mol. The molecule has 0 bridgehead atoms. The van der Waals surface area contributed by atoms with Crippen LogP contribution >= 0.6 is 0 Å². The van der Waals surface area contributed by atoms with Crippen molar-refractivity contribution >= 4 is 22.1 Å². The van der Waals surface area contributed by atoms with Gasteiger partial charge in [0, 0.05) is 11.4 Å². The summed E-state index contributed by atoms with van der Waals surface area (Å²) in [7, 11) is 0. The molecule has 0 unspecified atom stereocenters. The standard InChI is InChI=1S/C25H29N3O2/c1-15(2)13-17-9-11-18(12-10-17)22(16(3)4)26-14-21-27-23-19-7-5-6-8-20(19)30-24(23)25(29)28-21/h5-12,15-16,22,26H,13-14H2,1-4H3,(H,27,28,29)/t22-/m0/s1. The van der Waals surface area contributed by atoms with Gasteiger partial charge >= 0.3 is 0 Å². The summed E-state index contributed by atoms with van der Waals surface area (Å²) < 4.78 is 5.68. The first-order valence-corrected chi connectivity index (χ1v) is 10.6. The van der Waals surface area contributed by atoms with E-state index >= 15 is 0 Å². The summed E-state index contributed by atoms with van der Waals surface area (Å²) in [5.41, 5.74) is 3.94. The minimum Gasteiger partial charge on any atom is -0.449 e. The SMILES string of the molecule is CC(C)Cc1ccc([C@@H](NCc2nc3c(oc4ccccc43)c(=O)[nH]2)C(C)C)cc1. The molecule has 0 aliphatic heterocycles. The molecule has 0 radical (unpaired) electrons. The van der Waals surface area contributed by atoms with E-state index in [4.69, 9.17) is 4.42 Å². The third-order valence-electron chi connectivity index (χ3n) is 5.42. The molecule has 0 saturated carbocycles. The highest BCUT2D eigenvalue weighted by molar-refractivity contribution is 6.01. The molecule has 0 spiro atoms. The van der Waals surface area contributed by atoms with Crippen LogP contribution in [0.15, 0.2) is 57.7 Å². The van der Waals surface area contributed by atoms with Crippen LogP contribution in [-0.2, 0) is 13.0 Å². The summed E-state index contributed by atoms with van der Waals surface area (Å²) in [5.74, 6) is 1.65. The minimum atomic E-state index is -0.243. The molecule has 0 aliphatic carbocycles. The normalized spacial score (nSPS) is 13.0. The quantitative estimate of drug-likeness (QED) is 0.436. The molecule has 2 aromatic heterocycles. The summed E-state index contributed by atoms with van der Waals surface area (Å²) in [6, 6.07) is 16.6. The zero-order chi connectivity index (χ0) is 21.3. The van der Waals surface area contributed by atoms with Crippen molar-refractivity contribution in [2.45, 2.75) is 46.7 Å². The van der Waals surface area contributed by atoms with Crippen LogP contribution in [0.1, 0.15) is 50.7 Å². The van der Waals surface area contributed by atoms with E-state index in [1.807, 2.05) is 24.3 Å². The molecule has 156 valence electrons. The zero-order valence-electron chi connectivity index (χ0n) is 18.0. The number of hydrogen-bond donors (Lipinski definition) is 2. The van der Waals surface area contributed by atoms with E-state index in [9.17, 15) is 4.79 Å². The van der Waals surface area contributed by atoms with E-state index < -0.39 is 0 Å². The maximum atomic E-state index is 12.5. The Bertz CT molecular complexity index is 1200. The Morgan fingerprint density at radius 1 is 1.03 bits per heavy atom. The lowest BCUT2D eigenvalue weighted by molar-refractivity contribution is 0.406. The molecule has 5 nitrogen and oxygen atoms in total. The van der Waals surface area contributed by atoms with Gasteiger partial charge in [-0.05, 0) is 41.5 Å². The monoisotopic (exact) mass is 403 g/mol. The molecular formula is C25H29N3O2. The van der Waals surface area contributed by atoms with Crippen molar-refractivity contribution in [3.63, 3.8) is 0 Å². The highest BCUT2D eigenvalue weighted by Gasteiger charge is 2.17. The average Bonchev–Trinajstić information content (AvgIpc) is 3.08. The van der Waals surface area contributed by atoms with Crippen molar-refractivity contribution in [2.24, 2.45) is 11.8 Å². The van der Waals surface area contributed by atoms with Crippen molar-refractivity contribution in [2.75, 3.05) is 0 Å². The van der Waals surface area contributed by atoms with Crippen LogP contribution in [0, 0.1) is 11.8 Å². The number of nitrogens with one attached hydrogen (secondary N) is 2. The summed E-state index contributed by atoms with van der Waals surface area (Å²) in [4.78, 5) is 20.1. The Morgan fingerprint density at radius 2 is 1.77 bits per heavy atom. The molecule has 0 saturated heterocycles. The van der Waals surface area contributed by atoms with Crippen molar-refractivity contribution in [3.8, 4) is 0 Å². The second kappa shape index (κ2) is 8.44. The summed E-state index contributed by atoms with van der Waals surface area (Å²) in [5, 5.41) is 4.44. The van der Waals surface area contributed by atoms with Gasteiger partial charge in [-0.1, -0.05) is 64.1 Å². The number of benzene rings is 2. The zero-order valence-corrected chi connectivity index (χ0v) is 18.0. The number of H-pyrrole nitrogens is 1. The van der Waals surface area contributed by atoms with Crippen LogP contribution in [0.4, 0.5) is 0 Å². The van der Waals surface area contributed by atoms with Gasteiger partial charge in [-0.3, -0.25) is 4.79 Å². The Labute approximate surface area is 176 Å². The molecule has 0 fully saturated rings. The molecule has 2 N–H and O–H groups in total. The Balaban J connectivity index is 1.57. The van der Waals surface area contributed by atoms with Gasteiger partial charge in [0.1, 0.15) is 16.9 Å². The van der Waals surface area contributed by atoms with Gasteiger partial charge in [0.25, 0.3) is 5.56 Å². The van der Waals surface area contributed by atoms with Crippen molar-refractivity contribution < 1.29 is 4.42 Å². The number of fused-ring (bicyclic) bond motifs is 3. The number of furan rings is 1. The second-order valence-electron chi connectivity index (χ2n) is 8.73. The van der Waals surface area contributed by atoms with E-state index in [0.717, 1.165) is 11.8 Å². The third-order valence-corrected chi connectivity index (χ3v) is 5.42. The molecule has 30 heavy (non-hydrogen) atoms. The smallest absolute Gasteiger partial charge is 0.294 e. The van der Waals surface area contributed by atoms with Gasteiger partial charge in [0.2, 0.25) is 5.58 Å². The average molecular weight is 404 g/mol. The van der Waals surface area contributed by atoms with Crippen molar-refractivity contribution in [1.82, 2.24) is 15.3 Å². The molecule has 1 atom stereocenters. The number of hydrogen-bond acceptors (Lipinski definition) is 4. The van der Waals surface area contributed by atoms with Gasteiger partial charge in [-0.2, -0.15) is 0 Å². The molecule has 0 amide bonds. The van der Waals surface area contributed by atoms with Gasteiger partial charge in [-0.15, -0.1) is 0 Å². The molecular weight excluding hydrogens is 374 g/mol.